The highest BCUT2D eigenvalue weighted by Gasteiger charge is 2.17. The molecule has 1 rings (SSSR count). The zero-order valence-corrected chi connectivity index (χ0v) is 10.7. The van der Waals surface area contributed by atoms with E-state index in [1.807, 2.05) is 12.4 Å². The van der Waals surface area contributed by atoms with Crippen molar-refractivity contribution in [1.29, 1.82) is 0 Å². The maximum Gasteiger partial charge on any atom is 0.0270 e. The Hall–Kier alpha value is -0.890. The van der Waals surface area contributed by atoms with Gasteiger partial charge in [-0.25, -0.2) is 0 Å². The van der Waals surface area contributed by atoms with Gasteiger partial charge in [0.1, 0.15) is 0 Å². The predicted molar refractivity (Wildman–Crippen MR) is 69.5 cm³/mol. The number of likely N-dealkylation sites (N-methyl/N-ethyl adjacent to an activating group) is 1. The van der Waals surface area contributed by atoms with Crippen molar-refractivity contribution < 1.29 is 0 Å². The van der Waals surface area contributed by atoms with E-state index in [4.69, 9.17) is 0 Å². The molecule has 1 atom stereocenters. The van der Waals surface area contributed by atoms with Gasteiger partial charge in [0.25, 0.3) is 0 Å². The first-order valence-electron chi connectivity index (χ1n) is 6.44. The normalized spacial score (nSPS) is 13.0. The minimum absolute atomic E-state index is 0.599. The van der Waals surface area contributed by atoms with Crippen LogP contribution in [-0.2, 0) is 6.42 Å². The van der Waals surface area contributed by atoms with Crippen molar-refractivity contribution in [3.8, 4) is 0 Å². The van der Waals surface area contributed by atoms with Crippen molar-refractivity contribution in [1.82, 2.24) is 10.3 Å². The first-order valence-corrected chi connectivity index (χ1v) is 6.44. The van der Waals surface area contributed by atoms with Gasteiger partial charge in [0, 0.05) is 18.4 Å². The number of hydrogen-bond donors (Lipinski definition) is 1. The van der Waals surface area contributed by atoms with Crippen LogP contribution in [0.1, 0.15) is 39.2 Å². The van der Waals surface area contributed by atoms with E-state index in [0.717, 1.165) is 18.9 Å². The van der Waals surface area contributed by atoms with Crippen LogP contribution in [0.5, 0.6) is 0 Å². The lowest BCUT2D eigenvalue weighted by molar-refractivity contribution is 0.336. The van der Waals surface area contributed by atoms with Crippen LogP contribution in [0.25, 0.3) is 0 Å². The van der Waals surface area contributed by atoms with Crippen molar-refractivity contribution in [2.75, 3.05) is 6.54 Å². The molecular weight excluding hydrogens is 196 g/mol. The van der Waals surface area contributed by atoms with Crippen LogP contribution in [0.3, 0.4) is 0 Å². The van der Waals surface area contributed by atoms with Gasteiger partial charge >= 0.3 is 0 Å². The molecule has 0 saturated carbocycles. The molecule has 2 heteroatoms. The summed E-state index contributed by atoms with van der Waals surface area (Å²) in [5.74, 6) is 0.771. The predicted octanol–water partition coefficient (Wildman–Crippen LogP) is 3.04. The van der Waals surface area contributed by atoms with E-state index in [2.05, 4.69) is 43.2 Å². The molecule has 16 heavy (non-hydrogen) atoms. The van der Waals surface area contributed by atoms with Crippen molar-refractivity contribution >= 4 is 0 Å². The molecule has 0 fully saturated rings. The first kappa shape index (κ1) is 13.2. The van der Waals surface area contributed by atoms with E-state index < -0.39 is 0 Å². The van der Waals surface area contributed by atoms with Crippen LogP contribution < -0.4 is 5.32 Å². The minimum Gasteiger partial charge on any atom is -0.314 e. The van der Waals surface area contributed by atoms with Gasteiger partial charge in [0.15, 0.2) is 0 Å². The second kappa shape index (κ2) is 7.39. The van der Waals surface area contributed by atoms with Crippen molar-refractivity contribution in [3.63, 3.8) is 0 Å². The van der Waals surface area contributed by atoms with Gasteiger partial charge in [-0.1, -0.05) is 33.6 Å². The molecule has 0 spiro atoms. The van der Waals surface area contributed by atoms with Gasteiger partial charge in [0.2, 0.25) is 0 Å². The van der Waals surface area contributed by atoms with Gasteiger partial charge in [-0.05, 0) is 36.6 Å². The molecule has 0 radical (unpaired) electrons. The summed E-state index contributed by atoms with van der Waals surface area (Å²) in [4.78, 5) is 4.06. The Morgan fingerprint density at radius 2 is 1.75 bits per heavy atom. The largest absolute Gasteiger partial charge is 0.314 e. The van der Waals surface area contributed by atoms with E-state index in [1.54, 1.807) is 0 Å². The van der Waals surface area contributed by atoms with Gasteiger partial charge in [-0.3, -0.25) is 4.98 Å². The molecule has 0 aromatic carbocycles. The summed E-state index contributed by atoms with van der Waals surface area (Å²) in [5, 5.41) is 3.61. The second-order valence-corrected chi connectivity index (χ2v) is 4.30. The zero-order valence-electron chi connectivity index (χ0n) is 10.7. The van der Waals surface area contributed by atoms with Gasteiger partial charge in [-0.15, -0.1) is 0 Å². The minimum atomic E-state index is 0.599. The quantitative estimate of drug-likeness (QED) is 0.764. The van der Waals surface area contributed by atoms with Crippen LogP contribution in [0.4, 0.5) is 0 Å². The third kappa shape index (κ3) is 3.93. The number of nitrogens with zero attached hydrogens (tertiary/aromatic N) is 1. The molecule has 0 aliphatic carbocycles. The highest BCUT2D eigenvalue weighted by molar-refractivity contribution is 5.11. The van der Waals surface area contributed by atoms with E-state index >= 15 is 0 Å². The lowest BCUT2D eigenvalue weighted by Gasteiger charge is -2.26. The highest BCUT2D eigenvalue weighted by Crippen LogP contribution is 2.17. The highest BCUT2D eigenvalue weighted by atomic mass is 14.9. The summed E-state index contributed by atoms with van der Waals surface area (Å²) in [5.41, 5.74) is 1.38. The van der Waals surface area contributed by atoms with E-state index in [1.165, 1.54) is 18.4 Å². The average Bonchev–Trinajstić information content (AvgIpc) is 2.32. The molecular formula is C14H24N2. The Morgan fingerprint density at radius 1 is 1.12 bits per heavy atom. The summed E-state index contributed by atoms with van der Waals surface area (Å²) in [6.45, 7) is 7.80. The fraction of sp³-hybridized carbons (Fsp3) is 0.643. The van der Waals surface area contributed by atoms with Crippen LogP contribution >= 0.6 is 0 Å². The molecule has 1 aromatic heterocycles. The van der Waals surface area contributed by atoms with Crippen LogP contribution in [0, 0.1) is 5.92 Å². The molecule has 1 N–H and O–H groups in total. The zero-order chi connectivity index (χ0) is 11.8. The van der Waals surface area contributed by atoms with E-state index in [0.29, 0.717) is 6.04 Å². The molecule has 1 unspecified atom stereocenters. The number of nitrogens with one attached hydrogen (secondary N) is 1. The van der Waals surface area contributed by atoms with Crippen LogP contribution in [-0.4, -0.2) is 17.6 Å². The SMILES string of the molecule is CCNC(Cc1ccncc1)C(CC)CC. The molecule has 0 bridgehead atoms. The first-order chi connectivity index (χ1) is 7.81. The average molecular weight is 220 g/mol. The molecule has 0 saturated heterocycles. The van der Waals surface area contributed by atoms with Gasteiger partial charge in [-0.2, -0.15) is 0 Å². The Balaban J connectivity index is 2.63. The summed E-state index contributed by atoms with van der Waals surface area (Å²) >= 11 is 0. The summed E-state index contributed by atoms with van der Waals surface area (Å²) in [7, 11) is 0. The molecule has 0 aliphatic rings. The number of rotatable bonds is 7. The van der Waals surface area contributed by atoms with E-state index in [-0.39, 0.29) is 0 Å². The third-order valence-electron chi connectivity index (χ3n) is 3.29. The fourth-order valence-electron chi connectivity index (χ4n) is 2.30. The molecule has 0 aliphatic heterocycles. The molecule has 0 amide bonds. The van der Waals surface area contributed by atoms with Crippen LogP contribution in [0.15, 0.2) is 24.5 Å². The van der Waals surface area contributed by atoms with Gasteiger partial charge in [0.05, 0.1) is 0 Å². The molecule has 1 aromatic rings. The number of pyridine rings is 1. The summed E-state index contributed by atoms with van der Waals surface area (Å²) in [6, 6.07) is 4.84. The molecule has 2 nitrogen and oxygen atoms in total. The Morgan fingerprint density at radius 3 is 2.25 bits per heavy atom. The van der Waals surface area contributed by atoms with Crippen molar-refractivity contribution in [3.05, 3.63) is 30.1 Å². The number of hydrogen-bond acceptors (Lipinski definition) is 2. The Bertz CT molecular complexity index is 267. The third-order valence-corrected chi connectivity index (χ3v) is 3.29. The van der Waals surface area contributed by atoms with Crippen molar-refractivity contribution in [2.24, 2.45) is 5.92 Å². The lowest BCUT2D eigenvalue weighted by atomic mass is 9.89. The topological polar surface area (TPSA) is 24.9 Å². The summed E-state index contributed by atoms with van der Waals surface area (Å²) < 4.78 is 0. The molecule has 1 heterocycles. The Kier molecular flexibility index (Phi) is 6.09. The number of aromatic nitrogens is 1. The Labute approximate surface area is 99.5 Å². The van der Waals surface area contributed by atoms with Gasteiger partial charge < -0.3 is 5.32 Å². The van der Waals surface area contributed by atoms with Crippen LogP contribution in [0.2, 0.25) is 0 Å². The summed E-state index contributed by atoms with van der Waals surface area (Å²) in [6.07, 6.45) is 7.37. The monoisotopic (exact) mass is 220 g/mol. The van der Waals surface area contributed by atoms with E-state index in [9.17, 15) is 0 Å². The maximum absolute atomic E-state index is 4.06. The second-order valence-electron chi connectivity index (χ2n) is 4.30. The maximum atomic E-state index is 4.06. The molecule has 90 valence electrons. The lowest BCUT2D eigenvalue weighted by Crippen LogP contribution is -2.37. The standard InChI is InChI=1S/C14H24N2/c1-4-13(5-2)14(16-6-3)11-12-7-9-15-10-8-12/h7-10,13-14,16H,4-6,11H2,1-3H3. The fourth-order valence-corrected chi connectivity index (χ4v) is 2.30. The van der Waals surface area contributed by atoms with Crippen molar-refractivity contribution in [2.45, 2.75) is 46.1 Å². The smallest absolute Gasteiger partial charge is 0.0270 e.